The number of methoxy groups -OCH3 is 1. The molecule has 0 spiro atoms. The van der Waals surface area contributed by atoms with Gasteiger partial charge in [-0.1, -0.05) is 18.3 Å². The van der Waals surface area contributed by atoms with Crippen LogP contribution < -0.4 is 15.2 Å². The number of nitrogens with two attached hydrogens (primary N) is 1. The van der Waals surface area contributed by atoms with Gasteiger partial charge in [0.15, 0.2) is 0 Å². The molecular weight excluding hydrogens is 357 g/mol. The maximum Gasteiger partial charge on any atom is 0.134 e. The summed E-state index contributed by atoms with van der Waals surface area (Å²) in [5.41, 5.74) is 7.21. The molecule has 2 N–H and O–H groups in total. The second kappa shape index (κ2) is 6.87. The van der Waals surface area contributed by atoms with Gasteiger partial charge >= 0.3 is 0 Å². The highest BCUT2D eigenvalue weighted by atomic mass is 79.9. The summed E-state index contributed by atoms with van der Waals surface area (Å²) in [6.45, 7) is 0.309. The molecule has 0 fully saturated rings. The smallest absolute Gasteiger partial charge is 0.134 e. The standard InChI is InChI=1S/C15H13BrFNO2S/c1-19-13-4-2-9(6-11(13)15(18)21)8-20-14-5-3-10(17)7-12(14)16/h2-7H,8H2,1H3,(H2,18,21). The van der Waals surface area contributed by atoms with E-state index in [1.54, 1.807) is 19.2 Å². The molecule has 0 amide bonds. The van der Waals surface area contributed by atoms with Crippen LogP contribution in [0.15, 0.2) is 40.9 Å². The molecule has 0 unspecified atom stereocenters. The Kier molecular flexibility index (Phi) is 5.14. The molecule has 3 nitrogen and oxygen atoms in total. The Morgan fingerprint density at radius 3 is 2.57 bits per heavy atom. The Balaban J connectivity index is 2.16. The van der Waals surface area contributed by atoms with E-state index in [1.807, 2.05) is 12.1 Å². The fraction of sp³-hybridized carbons (Fsp3) is 0.133. The molecule has 0 aliphatic heterocycles. The molecule has 2 aromatic carbocycles. The summed E-state index contributed by atoms with van der Waals surface area (Å²) in [6, 6.07) is 9.72. The highest BCUT2D eigenvalue weighted by Crippen LogP contribution is 2.27. The zero-order chi connectivity index (χ0) is 15.4. The van der Waals surface area contributed by atoms with Crippen LogP contribution in [0.3, 0.4) is 0 Å². The largest absolute Gasteiger partial charge is 0.496 e. The molecular formula is C15H13BrFNO2S. The maximum atomic E-state index is 13.0. The second-order valence-electron chi connectivity index (χ2n) is 4.26. The van der Waals surface area contributed by atoms with Crippen molar-refractivity contribution in [1.29, 1.82) is 0 Å². The van der Waals surface area contributed by atoms with Crippen LogP contribution in [-0.2, 0) is 6.61 Å². The van der Waals surface area contributed by atoms with Crippen molar-refractivity contribution in [2.45, 2.75) is 6.61 Å². The second-order valence-corrected chi connectivity index (χ2v) is 5.56. The monoisotopic (exact) mass is 369 g/mol. The van der Waals surface area contributed by atoms with Crippen molar-refractivity contribution in [1.82, 2.24) is 0 Å². The Labute approximate surface area is 136 Å². The highest BCUT2D eigenvalue weighted by molar-refractivity contribution is 9.10. The summed E-state index contributed by atoms with van der Waals surface area (Å²) in [4.78, 5) is 0.261. The van der Waals surface area contributed by atoms with Gasteiger partial charge in [-0.2, -0.15) is 0 Å². The molecule has 0 saturated carbocycles. The average molecular weight is 370 g/mol. The first-order valence-electron chi connectivity index (χ1n) is 6.06. The minimum atomic E-state index is -0.325. The first-order chi connectivity index (χ1) is 10.0. The molecule has 0 radical (unpaired) electrons. The highest BCUT2D eigenvalue weighted by Gasteiger charge is 2.08. The molecule has 110 valence electrons. The van der Waals surface area contributed by atoms with Gasteiger partial charge in [0.2, 0.25) is 0 Å². The average Bonchev–Trinajstić information content (AvgIpc) is 2.46. The third kappa shape index (κ3) is 3.92. The molecule has 21 heavy (non-hydrogen) atoms. The van der Waals surface area contributed by atoms with Gasteiger partial charge in [0.1, 0.15) is 28.9 Å². The molecule has 0 aliphatic carbocycles. The van der Waals surface area contributed by atoms with Crippen molar-refractivity contribution < 1.29 is 13.9 Å². The van der Waals surface area contributed by atoms with Crippen LogP contribution in [0.4, 0.5) is 4.39 Å². The third-order valence-corrected chi connectivity index (χ3v) is 3.66. The van der Waals surface area contributed by atoms with E-state index in [9.17, 15) is 4.39 Å². The Morgan fingerprint density at radius 1 is 1.24 bits per heavy atom. The summed E-state index contributed by atoms with van der Waals surface area (Å²) in [7, 11) is 1.56. The van der Waals surface area contributed by atoms with Gasteiger partial charge in [-0.25, -0.2) is 4.39 Å². The van der Waals surface area contributed by atoms with E-state index in [-0.39, 0.29) is 10.8 Å². The van der Waals surface area contributed by atoms with Crippen LogP contribution in [0.2, 0.25) is 0 Å². The lowest BCUT2D eigenvalue weighted by molar-refractivity contribution is 0.303. The normalized spacial score (nSPS) is 10.2. The number of thiocarbonyl (C=S) groups is 1. The number of halogens is 2. The van der Waals surface area contributed by atoms with Crippen molar-refractivity contribution in [3.63, 3.8) is 0 Å². The van der Waals surface area contributed by atoms with E-state index < -0.39 is 0 Å². The fourth-order valence-electron chi connectivity index (χ4n) is 1.79. The zero-order valence-corrected chi connectivity index (χ0v) is 13.6. The first kappa shape index (κ1) is 15.7. The first-order valence-corrected chi connectivity index (χ1v) is 7.26. The van der Waals surface area contributed by atoms with Crippen LogP contribution in [0, 0.1) is 5.82 Å². The van der Waals surface area contributed by atoms with Crippen LogP contribution in [-0.4, -0.2) is 12.1 Å². The van der Waals surface area contributed by atoms with Crippen molar-refractivity contribution in [3.8, 4) is 11.5 Å². The van der Waals surface area contributed by atoms with E-state index in [0.717, 1.165) is 5.56 Å². The van der Waals surface area contributed by atoms with Gasteiger partial charge in [-0.05, 0) is 51.8 Å². The van der Waals surface area contributed by atoms with Crippen molar-refractivity contribution in [3.05, 3.63) is 57.8 Å². The van der Waals surface area contributed by atoms with Gasteiger partial charge in [0, 0.05) is 0 Å². The minimum Gasteiger partial charge on any atom is -0.496 e. The van der Waals surface area contributed by atoms with Crippen LogP contribution in [0.5, 0.6) is 11.5 Å². The zero-order valence-electron chi connectivity index (χ0n) is 11.2. The van der Waals surface area contributed by atoms with Crippen LogP contribution >= 0.6 is 28.1 Å². The Morgan fingerprint density at radius 2 is 1.95 bits per heavy atom. The minimum absolute atomic E-state index is 0.261. The molecule has 2 aromatic rings. The van der Waals surface area contributed by atoms with E-state index in [2.05, 4.69) is 15.9 Å². The van der Waals surface area contributed by atoms with E-state index in [0.29, 0.717) is 28.1 Å². The molecule has 0 aromatic heterocycles. The predicted octanol–water partition coefficient (Wildman–Crippen LogP) is 3.81. The number of hydrogen-bond acceptors (Lipinski definition) is 3. The SMILES string of the molecule is COc1ccc(COc2ccc(F)cc2Br)cc1C(N)=S. The van der Waals surface area contributed by atoms with Gasteiger partial charge in [0.25, 0.3) is 0 Å². The van der Waals surface area contributed by atoms with Gasteiger partial charge in [-0.15, -0.1) is 0 Å². The maximum absolute atomic E-state index is 13.0. The van der Waals surface area contributed by atoms with Gasteiger partial charge < -0.3 is 15.2 Å². The van der Waals surface area contributed by atoms with E-state index in [4.69, 9.17) is 27.4 Å². The predicted molar refractivity (Wildman–Crippen MR) is 87.3 cm³/mol. The van der Waals surface area contributed by atoms with Crippen LogP contribution in [0.25, 0.3) is 0 Å². The topological polar surface area (TPSA) is 44.5 Å². The molecule has 2 rings (SSSR count). The summed E-state index contributed by atoms with van der Waals surface area (Å²) < 4.78 is 24.4. The number of benzene rings is 2. The number of hydrogen-bond donors (Lipinski definition) is 1. The lowest BCUT2D eigenvalue weighted by Crippen LogP contribution is -2.12. The molecule has 0 saturated heterocycles. The van der Waals surface area contributed by atoms with E-state index in [1.165, 1.54) is 12.1 Å². The van der Waals surface area contributed by atoms with Gasteiger partial charge in [-0.3, -0.25) is 0 Å². The number of ether oxygens (including phenoxy) is 2. The Bertz CT molecular complexity index is 679. The quantitative estimate of drug-likeness (QED) is 0.813. The lowest BCUT2D eigenvalue weighted by Gasteiger charge is -2.11. The molecule has 0 aliphatic rings. The number of rotatable bonds is 5. The van der Waals surface area contributed by atoms with Crippen molar-refractivity contribution >= 4 is 33.1 Å². The lowest BCUT2D eigenvalue weighted by atomic mass is 10.1. The molecule has 0 bridgehead atoms. The summed E-state index contributed by atoms with van der Waals surface area (Å²) >= 11 is 8.25. The fourth-order valence-corrected chi connectivity index (χ4v) is 2.42. The van der Waals surface area contributed by atoms with Crippen LogP contribution in [0.1, 0.15) is 11.1 Å². The summed E-state index contributed by atoms with van der Waals surface area (Å²) in [6.07, 6.45) is 0. The summed E-state index contributed by atoms with van der Waals surface area (Å²) in [5, 5.41) is 0. The van der Waals surface area contributed by atoms with Crippen molar-refractivity contribution in [2.24, 2.45) is 5.73 Å². The molecule has 0 heterocycles. The van der Waals surface area contributed by atoms with Gasteiger partial charge in [0.05, 0.1) is 17.1 Å². The van der Waals surface area contributed by atoms with E-state index >= 15 is 0 Å². The molecule has 6 heteroatoms. The molecule has 0 atom stereocenters. The summed E-state index contributed by atoms with van der Waals surface area (Å²) in [5.74, 6) is 0.854. The van der Waals surface area contributed by atoms with Crippen molar-refractivity contribution in [2.75, 3.05) is 7.11 Å². The Hall–Kier alpha value is -1.66. The third-order valence-electron chi connectivity index (χ3n) is 2.82.